The van der Waals surface area contributed by atoms with Crippen LogP contribution in [0.4, 0.5) is 4.39 Å². The molecule has 4 amide bonds. The first-order valence-electron chi connectivity index (χ1n) is 19.6. The van der Waals surface area contributed by atoms with Crippen LogP contribution in [0.25, 0.3) is 11.3 Å². The highest BCUT2D eigenvalue weighted by Crippen LogP contribution is 2.47. The molecule has 0 bridgehead atoms. The Hall–Kier alpha value is -6.47. The Kier molecular flexibility index (Phi) is 9.90. The summed E-state index contributed by atoms with van der Waals surface area (Å²) in [4.78, 5) is 62.5. The van der Waals surface area contributed by atoms with E-state index in [1.165, 1.54) is 23.9 Å². The van der Waals surface area contributed by atoms with Gasteiger partial charge in [-0.05, 0) is 102 Å². The summed E-state index contributed by atoms with van der Waals surface area (Å²) in [5.74, 6) is -0.833. The first-order chi connectivity index (χ1) is 28.2. The molecule has 2 saturated heterocycles. The number of fused-ring (bicyclic) bond motifs is 2. The Bertz CT molecular complexity index is 2410. The molecule has 1 unspecified atom stereocenters. The first-order valence-corrected chi connectivity index (χ1v) is 19.6. The number of carbonyl (C=O) groups excluding carboxylic acids is 4. The van der Waals surface area contributed by atoms with E-state index in [0.29, 0.717) is 30.3 Å². The van der Waals surface area contributed by atoms with Gasteiger partial charge in [-0.3, -0.25) is 34.3 Å². The zero-order chi connectivity index (χ0) is 39.9. The van der Waals surface area contributed by atoms with Crippen LogP contribution in [0.3, 0.4) is 0 Å². The van der Waals surface area contributed by atoms with Gasteiger partial charge in [0.2, 0.25) is 17.7 Å². The number of hydrogen-bond acceptors (Lipinski definition) is 10. The van der Waals surface area contributed by atoms with Gasteiger partial charge in [-0.1, -0.05) is 36.4 Å². The largest absolute Gasteiger partial charge is 0.508 e. The summed E-state index contributed by atoms with van der Waals surface area (Å²) in [7, 11) is 0. The number of aryl methyl sites for hydroxylation is 1. The number of amides is 4. The third-order valence-electron chi connectivity index (χ3n) is 11.7. The van der Waals surface area contributed by atoms with E-state index >= 15 is 0 Å². The van der Waals surface area contributed by atoms with Crippen molar-refractivity contribution >= 4 is 23.6 Å². The van der Waals surface area contributed by atoms with E-state index in [1.54, 1.807) is 30.5 Å². The molecule has 2 fully saturated rings. The molecule has 4 atom stereocenters. The predicted molar refractivity (Wildman–Crippen MR) is 209 cm³/mol. The van der Waals surface area contributed by atoms with Gasteiger partial charge in [0.1, 0.15) is 36.1 Å². The molecule has 2 N–H and O–H groups in total. The number of piperidine rings is 1. The maximum atomic E-state index is 13.8. The molecule has 13 heteroatoms. The van der Waals surface area contributed by atoms with Gasteiger partial charge in [-0.2, -0.15) is 0 Å². The minimum atomic E-state index is -1.03. The lowest BCUT2D eigenvalue weighted by molar-refractivity contribution is -0.136. The molecule has 4 aromatic carbocycles. The highest BCUT2D eigenvalue weighted by Gasteiger charge is 2.44. The topological polar surface area (TPSA) is 151 Å². The van der Waals surface area contributed by atoms with Gasteiger partial charge in [-0.15, -0.1) is 0 Å². The second kappa shape index (κ2) is 15.5. The number of aromatic nitrogens is 2. The number of ether oxygens (including phenoxy) is 2. The van der Waals surface area contributed by atoms with Crippen molar-refractivity contribution in [2.45, 2.75) is 56.1 Å². The third-order valence-corrected chi connectivity index (χ3v) is 11.7. The lowest BCUT2D eigenvalue weighted by Crippen LogP contribution is -2.54. The smallest absolute Gasteiger partial charge is 0.262 e. The number of nitrogens with zero attached hydrogens (tertiary/aromatic N) is 4. The molecule has 5 aromatic rings. The van der Waals surface area contributed by atoms with Gasteiger partial charge < -0.3 is 14.6 Å². The van der Waals surface area contributed by atoms with Crippen molar-refractivity contribution < 1.29 is 38.1 Å². The number of rotatable bonds is 10. The standard InChI is InChI=1S/C45H40FN5O7/c46-30-7-1-26(2-8-30)34-12-5-28-21-31(52)9-14-35(28)42(34)27-3-10-32(11-4-27)57-20-19-50-18-17-33(25-50)58-41-24-47-38(23-48-41)29-6-13-36-37(22-29)45(56)51(44(36)55)39-15-16-40(53)49-43(39)54/h1-4,6-11,13-14,21-24,33-34,39,42,52H,5,12,15-20,25H2,(H,49,53,54)/t33-,34-,39?,42+/m1/s1. The van der Waals surface area contributed by atoms with Crippen LogP contribution >= 0.6 is 0 Å². The van der Waals surface area contributed by atoms with Crippen LogP contribution in [-0.2, 0) is 16.0 Å². The zero-order valence-electron chi connectivity index (χ0n) is 31.5. The molecule has 4 heterocycles. The van der Waals surface area contributed by atoms with E-state index in [1.807, 2.05) is 36.4 Å². The van der Waals surface area contributed by atoms with E-state index in [2.05, 4.69) is 32.3 Å². The summed E-state index contributed by atoms with van der Waals surface area (Å²) in [6.07, 6.45) is 5.72. The van der Waals surface area contributed by atoms with Crippen molar-refractivity contribution in [1.82, 2.24) is 25.1 Å². The number of phenolic OH excluding ortho intramolecular Hbond substituents is 1. The number of hydrogen-bond donors (Lipinski definition) is 2. The number of nitrogens with one attached hydrogen (secondary N) is 1. The maximum absolute atomic E-state index is 13.8. The summed E-state index contributed by atoms with van der Waals surface area (Å²) >= 11 is 0. The minimum Gasteiger partial charge on any atom is -0.508 e. The van der Waals surface area contributed by atoms with E-state index in [9.17, 15) is 28.7 Å². The lowest BCUT2D eigenvalue weighted by atomic mass is 9.69. The Morgan fingerprint density at radius 1 is 0.810 bits per heavy atom. The van der Waals surface area contributed by atoms with Crippen molar-refractivity contribution in [3.8, 4) is 28.6 Å². The van der Waals surface area contributed by atoms with Crippen LogP contribution in [-0.4, -0.2) is 86.9 Å². The Morgan fingerprint density at radius 3 is 2.38 bits per heavy atom. The number of aromatic hydroxyl groups is 1. The summed E-state index contributed by atoms with van der Waals surface area (Å²) in [6.45, 7) is 2.78. The van der Waals surface area contributed by atoms with Crippen molar-refractivity contribution in [2.75, 3.05) is 26.2 Å². The summed E-state index contributed by atoms with van der Waals surface area (Å²) in [5, 5.41) is 12.4. The molecule has 12 nitrogen and oxygen atoms in total. The number of carbonyl (C=O) groups is 4. The first kappa shape index (κ1) is 37.1. The zero-order valence-corrected chi connectivity index (χ0v) is 31.5. The van der Waals surface area contributed by atoms with Crippen molar-refractivity contribution in [3.05, 3.63) is 137 Å². The minimum absolute atomic E-state index is 0.0528. The average Bonchev–Trinajstić information content (AvgIpc) is 3.78. The normalized spacial score (nSPS) is 21.8. The molecule has 9 rings (SSSR count). The molecule has 1 aromatic heterocycles. The monoisotopic (exact) mass is 781 g/mol. The quantitative estimate of drug-likeness (QED) is 0.167. The fourth-order valence-electron chi connectivity index (χ4n) is 8.78. The maximum Gasteiger partial charge on any atom is 0.262 e. The molecule has 3 aliphatic heterocycles. The second-order valence-electron chi connectivity index (χ2n) is 15.3. The van der Waals surface area contributed by atoms with Crippen molar-refractivity contribution in [3.63, 3.8) is 0 Å². The Labute approximate surface area is 333 Å². The number of likely N-dealkylation sites (tertiary alicyclic amines) is 1. The molecule has 0 spiro atoms. The van der Waals surface area contributed by atoms with Crippen LogP contribution in [0.1, 0.15) is 80.5 Å². The average molecular weight is 782 g/mol. The van der Waals surface area contributed by atoms with Crippen molar-refractivity contribution in [1.29, 1.82) is 0 Å². The molecule has 0 saturated carbocycles. The summed E-state index contributed by atoms with van der Waals surface area (Å²) < 4.78 is 26.1. The molecular weight excluding hydrogens is 742 g/mol. The van der Waals surface area contributed by atoms with Crippen LogP contribution in [0.2, 0.25) is 0 Å². The van der Waals surface area contributed by atoms with E-state index < -0.39 is 29.7 Å². The van der Waals surface area contributed by atoms with E-state index in [-0.39, 0.29) is 53.5 Å². The molecule has 1 aliphatic carbocycles. The third kappa shape index (κ3) is 7.29. The number of imide groups is 2. The van der Waals surface area contributed by atoms with Gasteiger partial charge in [0.15, 0.2) is 0 Å². The predicted octanol–water partition coefficient (Wildman–Crippen LogP) is 5.78. The molecule has 294 valence electrons. The number of phenols is 1. The fraction of sp³-hybridized carbons (Fsp3) is 0.289. The van der Waals surface area contributed by atoms with Gasteiger partial charge in [-0.25, -0.2) is 14.4 Å². The van der Waals surface area contributed by atoms with Crippen LogP contribution < -0.4 is 14.8 Å². The van der Waals surface area contributed by atoms with Gasteiger partial charge in [0.25, 0.3) is 11.8 Å². The fourth-order valence-corrected chi connectivity index (χ4v) is 8.78. The Balaban J connectivity index is 0.778. The lowest BCUT2D eigenvalue weighted by Gasteiger charge is -2.35. The number of halogens is 1. The summed E-state index contributed by atoms with van der Waals surface area (Å²) in [5.41, 5.74) is 5.99. The Morgan fingerprint density at radius 2 is 1.60 bits per heavy atom. The molecule has 4 aliphatic rings. The van der Waals surface area contributed by atoms with E-state index in [0.717, 1.165) is 59.7 Å². The van der Waals surface area contributed by atoms with Crippen LogP contribution in [0.15, 0.2) is 97.3 Å². The van der Waals surface area contributed by atoms with Gasteiger partial charge in [0, 0.05) is 37.5 Å². The second-order valence-corrected chi connectivity index (χ2v) is 15.3. The van der Waals surface area contributed by atoms with Crippen LogP contribution in [0, 0.1) is 5.82 Å². The highest BCUT2D eigenvalue weighted by atomic mass is 19.1. The number of benzene rings is 4. The highest BCUT2D eigenvalue weighted by molar-refractivity contribution is 6.23. The van der Waals surface area contributed by atoms with Crippen molar-refractivity contribution in [2.24, 2.45) is 0 Å². The van der Waals surface area contributed by atoms with Gasteiger partial charge in [0.05, 0.1) is 29.2 Å². The summed E-state index contributed by atoms with van der Waals surface area (Å²) in [6, 6.07) is 24.4. The van der Waals surface area contributed by atoms with Gasteiger partial charge >= 0.3 is 0 Å². The van der Waals surface area contributed by atoms with Crippen LogP contribution in [0.5, 0.6) is 17.4 Å². The molecular formula is C45H40FN5O7. The van der Waals surface area contributed by atoms with E-state index in [4.69, 9.17) is 9.47 Å². The molecule has 58 heavy (non-hydrogen) atoms. The molecule has 0 radical (unpaired) electrons. The SMILES string of the molecule is O=C1CCC(N2C(=O)c3ccc(-c4cnc(O[C@@H]5CCN(CCOc6ccc([C@@H]7c8ccc(O)cc8CC[C@@H]7c7ccc(F)cc7)cc6)C5)cn4)cc3C2=O)C(=O)N1.